The average molecular weight is 381 g/mol. The first-order valence-corrected chi connectivity index (χ1v) is 9.41. The van der Waals surface area contributed by atoms with Crippen molar-refractivity contribution in [1.82, 2.24) is 4.98 Å². The van der Waals surface area contributed by atoms with Crippen LogP contribution in [-0.4, -0.2) is 15.8 Å². The van der Waals surface area contributed by atoms with E-state index >= 15 is 0 Å². The van der Waals surface area contributed by atoms with Crippen LogP contribution in [0.15, 0.2) is 53.9 Å². The monoisotopic (exact) mass is 381 g/mol. The van der Waals surface area contributed by atoms with Gasteiger partial charge in [-0.3, -0.25) is 20.2 Å². The summed E-state index contributed by atoms with van der Waals surface area (Å²) in [4.78, 5) is 27.3. The highest BCUT2D eigenvalue weighted by molar-refractivity contribution is 7.14. The summed E-state index contributed by atoms with van der Waals surface area (Å²) in [6.45, 7) is 4.36. The fourth-order valence-corrected chi connectivity index (χ4v) is 3.45. The van der Waals surface area contributed by atoms with Crippen molar-refractivity contribution >= 4 is 28.1 Å². The van der Waals surface area contributed by atoms with E-state index < -0.39 is 10.8 Å². The van der Waals surface area contributed by atoms with Crippen LogP contribution in [0.25, 0.3) is 11.3 Å². The molecular formula is C20H19N3O3S. The van der Waals surface area contributed by atoms with E-state index in [9.17, 15) is 14.9 Å². The zero-order chi connectivity index (χ0) is 19.4. The summed E-state index contributed by atoms with van der Waals surface area (Å²) in [5.74, 6) is 0.0504. The van der Waals surface area contributed by atoms with Crippen molar-refractivity contribution in [3.05, 3.63) is 75.2 Å². The topological polar surface area (TPSA) is 85.1 Å². The summed E-state index contributed by atoms with van der Waals surface area (Å²) in [7, 11) is 0. The third kappa shape index (κ3) is 4.57. The van der Waals surface area contributed by atoms with E-state index in [1.807, 2.05) is 17.5 Å². The van der Waals surface area contributed by atoms with Crippen molar-refractivity contribution in [3.63, 3.8) is 0 Å². The number of hydrogen-bond donors (Lipinski definition) is 1. The molecule has 1 amide bonds. The fourth-order valence-electron chi connectivity index (χ4n) is 2.74. The molecule has 2 aromatic carbocycles. The lowest BCUT2D eigenvalue weighted by Gasteiger charge is -2.05. The maximum absolute atomic E-state index is 12.4. The van der Waals surface area contributed by atoms with Crippen molar-refractivity contribution in [2.24, 2.45) is 5.92 Å². The quantitative estimate of drug-likeness (QED) is 0.471. The van der Waals surface area contributed by atoms with Gasteiger partial charge in [-0.05, 0) is 24.0 Å². The molecule has 1 aromatic heterocycles. The molecule has 0 spiro atoms. The molecule has 27 heavy (non-hydrogen) atoms. The van der Waals surface area contributed by atoms with Crippen molar-refractivity contribution in [2.75, 3.05) is 5.32 Å². The Balaban J connectivity index is 1.75. The highest BCUT2D eigenvalue weighted by Gasteiger charge is 2.20. The van der Waals surface area contributed by atoms with E-state index in [2.05, 4.69) is 36.3 Å². The van der Waals surface area contributed by atoms with Gasteiger partial charge in [0.2, 0.25) is 0 Å². The molecule has 0 saturated heterocycles. The second-order valence-electron chi connectivity index (χ2n) is 6.56. The second kappa shape index (κ2) is 8.09. The average Bonchev–Trinajstić information content (AvgIpc) is 3.10. The van der Waals surface area contributed by atoms with E-state index in [4.69, 9.17) is 0 Å². The summed E-state index contributed by atoms with van der Waals surface area (Å²) in [5, 5.41) is 16.0. The lowest BCUT2D eigenvalue weighted by molar-refractivity contribution is -0.385. The minimum Gasteiger partial charge on any atom is -0.298 e. The van der Waals surface area contributed by atoms with Crippen molar-refractivity contribution in [1.29, 1.82) is 0 Å². The maximum Gasteiger partial charge on any atom is 0.282 e. The van der Waals surface area contributed by atoms with E-state index in [0.717, 1.165) is 17.7 Å². The first-order chi connectivity index (χ1) is 12.9. The molecule has 6 nitrogen and oxygen atoms in total. The molecule has 1 heterocycles. The Morgan fingerprint density at radius 3 is 2.56 bits per heavy atom. The number of para-hydroxylation sites is 1. The minimum atomic E-state index is -0.569. The van der Waals surface area contributed by atoms with Gasteiger partial charge in [0.25, 0.3) is 11.6 Å². The number of nitro benzene ring substituents is 1. The molecule has 0 aliphatic rings. The standard InChI is InChI=1S/C20H19N3O3S/c1-13(2)11-14-7-9-15(10-8-14)17-12-27-20(21-17)22-19(24)16-5-3-4-6-18(16)23(25)26/h3-10,12-13H,11H2,1-2H3,(H,21,22,24). The second-order valence-corrected chi connectivity index (χ2v) is 7.42. The van der Waals surface area contributed by atoms with Gasteiger partial charge in [-0.25, -0.2) is 4.98 Å². The predicted octanol–water partition coefficient (Wildman–Crippen LogP) is 5.17. The van der Waals surface area contributed by atoms with E-state index in [-0.39, 0.29) is 11.3 Å². The predicted molar refractivity (Wildman–Crippen MR) is 107 cm³/mol. The van der Waals surface area contributed by atoms with Crippen LogP contribution in [0.2, 0.25) is 0 Å². The lowest BCUT2D eigenvalue weighted by Crippen LogP contribution is -2.13. The van der Waals surface area contributed by atoms with Gasteiger partial charge in [-0.2, -0.15) is 0 Å². The molecule has 0 radical (unpaired) electrons. The van der Waals surface area contributed by atoms with Crippen molar-refractivity contribution < 1.29 is 9.72 Å². The van der Waals surface area contributed by atoms with Crippen LogP contribution in [-0.2, 0) is 6.42 Å². The SMILES string of the molecule is CC(C)Cc1ccc(-c2csc(NC(=O)c3ccccc3[N+](=O)[O-])n2)cc1. The van der Waals surface area contributed by atoms with Crippen LogP contribution in [0.3, 0.4) is 0 Å². The van der Waals surface area contributed by atoms with Gasteiger partial charge in [0.15, 0.2) is 5.13 Å². The Hall–Kier alpha value is -3.06. The highest BCUT2D eigenvalue weighted by atomic mass is 32.1. The van der Waals surface area contributed by atoms with Crippen LogP contribution < -0.4 is 5.32 Å². The van der Waals surface area contributed by atoms with Gasteiger partial charge in [-0.1, -0.05) is 50.2 Å². The van der Waals surface area contributed by atoms with Crippen LogP contribution >= 0.6 is 11.3 Å². The third-order valence-electron chi connectivity index (χ3n) is 3.96. The third-order valence-corrected chi connectivity index (χ3v) is 4.72. The fraction of sp³-hybridized carbons (Fsp3) is 0.200. The number of nitrogens with one attached hydrogen (secondary N) is 1. The molecular weight excluding hydrogens is 362 g/mol. The lowest BCUT2D eigenvalue weighted by atomic mass is 10.0. The normalized spacial score (nSPS) is 10.8. The molecule has 7 heteroatoms. The molecule has 0 fully saturated rings. The van der Waals surface area contributed by atoms with Gasteiger partial charge >= 0.3 is 0 Å². The van der Waals surface area contributed by atoms with Gasteiger partial charge in [0.1, 0.15) is 5.56 Å². The van der Waals surface area contributed by atoms with Gasteiger partial charge in [0.05, 0.1) is 10.6 Å². The molecule has 138 valence electrons. The van der Waals surface area contributed by atoms with Crippen molar-refractivity contribution in [3.8, 4) is 11.3 Å². The van der Waals surface area contributed by atoms with Crippen LogP contribution in [0.5, 0.6) is 0 Å². The van der Waals surface area contributed by atoms with Gasteiger partial charge < -0.3 is 0 Å². The Labute approximate surface area is 161 Å². The number of carbonyl (C=O) groups excluding carboxylic acids is 1. The molecule has 0 aliphatic carbocycles. The summed E-state index contributed by atoms with van der Waals surface area (Å²) >= 11 is 1.28. The smallest absolute Gasteiger partial charge is 0.282 e. The Morgan fingerprint density at radius 2 is 1.89 bits per heavy atom. The zero-order valence-electron chi connectivity index (χ0n) is 15.0. The van der Waals surface area contributed by atoms with E-state index in [1.54, 1.807) is 6.07 Å². The number of benzene rings is 2. The summed E-state index contributed by atoms with van der Waals surface area (Å²) < 4.78 is 0. The number of hydrogen-bond acceptors (Lipinski definition) is 5. The molecule has 0 aliphatic heterocycles. The van der Waals surface area contributed by atoms with Crippen LogP contribution in [0, 0.1) is 16.0 Å². The number of anilines is 1. The number of thiazole rings is 1. The Kier molecular flexibility index (Phi) is 5.61. The Bertz CT molecular complexity index is 965. The van der Waals surface area contributed by atoms with Crippen LogP contribution in [0.4, 0.5) is 10.8 Å². The van der Waals surface area contributed by atoms with Crippen LogP contribution in [0.1, 0.15) is 29.8 Å². The summed E-state index contributed by atoms with van der Waals surface area (Å²) in [6, 6.07) is 14.0. The van der Waals surface area contributed by atoms with Gasteiger partial charge in [-0.15, -0.1) is 11.3 Å². The van der Waals surface area contributed by atoms with Crippen molar-refractivity contribution in [2.45, 2.75) is 20.3 Å². The highest BCUT2D eigenvalue weighted by Crippen LogP contribution is 2.27. The number of rotatable bonds is 6. The molecule has 3 rings (SSSR count). The number of amides is 1. The zero-order valence-corrected chi connectivity index (χ0v) is 15.8. The first kappa shape index (κ1) is 18.7. The number of nitro groups is 1. The first-order valence-electron chi connectivity index (χ1n) is 8.53. The van der Waals surface area contributed by atoms with E-state index in [1.165, 1.54) is 35.1 Å². The molecule has 0 bridgehead atoms. The summed E-state index contributed by atoms with van der Waals surface area (Å²) in [5.41, 5.74) is 2.78. The number of carbonyl (C=O) groups is 1. The Morgan fingerprint density at radius 1 is 1.19 bits per heavy atom. The minimum absolute atomic E-state index is 0.0114. The largest absolute Gasteiger partial charge is 0.298 e. The van der Waals surface area contributed by atoms with E-state index in [0.29, 0.717) is 11.0 Å². The molecule has 0 unspecified atom stereocenters. The molecule has 0 saturated carbocycles. The number of nitrogens with zero attached hydrogens (tertiary/aromatic N) is 2. The molecule has 3 aromatic rings. The maximum atomic E-state index is 12.4. The number of aromatic nitrogens is 1. The van der Waals surface area contributed by atoms with Gasteiger partial charge in [0, 0.05) is 17.0 Å². The molecule has 0 atom stereocenters. The summed E-state index contributed by atoms with van der Waals surface area (Å²) in [6.07, 6.45) is 1.02. The molecule has 1 N–H and O–H groups in total.